The van der Waals surface area contributed by atoms with Crippen molar-refractivity contribution >= 4 is 5.71 Å². The summed E-state index contributed by atoms with van der Waals surface area (Å²) in [5.41, 5.74) is 1.70. The Labute approximate surface area is 119 Å². The van der Waals surface area contributed by atoms with Crippen molar-refractivity contribution in [1.82, 2.24) is 0 Å². The molecular weight excluding hydrogens is 258 g/mol. The Balaban J connectivity index is 2.23. The maximum atomic E-state index is 9.85. The fourth-order valence-electron chi connectivity index (χ4n) is 2.33. The van der Waals surface area contributed by atoms with Crippen LogP contribution >= 0.6 is 0 Å². The van der Waals surface area contributed by atoms with E-state index in [1.54, 1.807) is 14.0 Å². The number of hydrogen-bond acceptors (Lipinski definition) is 5. The maximum Gasteiger partial charge on any atom is 0.227 e. The lowest BCUT2D eigenvalue weighted by Gasteiger charge is -2.29. The zero-order valence-corrected chi connectivity index (χ0v) is 12.1. The van der Waals surface area contributed by atoms with Crippen LogP contribution in [0.4, 0.5) is 0 Å². The minimum atomic E-state index is -0.648. The van der Waals surface area contributed by atoms with Crippen LogP contribution in [0.2, 0.25) is 0 Å². The van der Waals surface area contributed by atoms with Gasteiger partial charge in [0, 0.05) is 18.9 Å². The number of nitrogens with zero attached hydrogens (tertiary/aromatic N) is 1. The van der Waals surface area contributed by atoms with Crippen molar-refractivity contribution in [3.8, 4) is 5.75 Å². The van der Waals surface area contributed by atoms with Crippen LogP contribution in [0.5, 0.6) is 5.75 Å². The predicted molar refractivity (Wildman–Crippen MR) is 76.0 cm³/mol. The van der Waals surface area contributed by atoms with E-state index in [0.29, 0.717) is 18.7 Å². The molecule has 1 aromatic rings. The van der Waals surface area contributed by atoms with Gasteiger partial charge in [0.25, 0.3) is 0 Å². The van der Waals surface area contributed by atoms with E-state index in [0.717, 1.165) is 11.3 Å². The zero-order chi connectivity index (χ0) is 14.5. The van der Waals surface area contributed by atoms with Crippen molar-refractivity contribution in [3.05, 3.63) is 29.8 Å². The highest BCUT2D eigenvalue weighted by Gasteiger charge is 2.31. The van der Waals surface area contributed by atoms with E-state index < -0.39 is 6.10 Å². The summed E-state index contributed by atoms with van der Waals surface area (Å²) in [4.78, 5) is 5.27. The van der Waals surface area contributed by atoms with Gasteiger partial charge in [0.15, 0.2) is 0 Å². The average Bonchev–Trinajstić information content (AvgIpc) is 2.47. The Morgan fingerprint density at radius 1 is 1.40 bits per heavy atom. The average molecular weight is 279 g/mol. The van der Waals surface area contributed by atoms with Crippen LogP contribution in [-0.2, 0) is 9.57 Å². The Kier molecular flexibility index (Phi) is 4.98. The van der Waals surface area contributed by atoms with Gasteiger partial charge in [-0.25, -0.2) is 0 Å². The molecule has 1 aromatic carbocycles. The van der Waals surface area contributed by atoms with Crippen molar-refractivity contribution in [2.45, 2.75) is 38.6 Å². The van der Waals surface area contributed by atoms with Crippen LogP contribution in [0.25, 0.3) is 0 Å². The van der Waals surface area contributed by atoms with Gasteiger partial charge in [-0.05, 0) is 31.5 Å². The molecule has 1 heterocycles. The Morgan fingerprint density at radius 3 is 2.65 bits per heavy atom. The third kappa shape index (κ3) is 3.29. The molecule has 0 radical (unpaired) electrons. The number of aliphatic hydroxyl groups excluding tert-OH is 1. The van der Waals surface area contributed by atoms with Crippen LogP contribution in [0.15, 0.2) is 29.4 Å². The first-order valence-electron chi connectivity index (χ1n) is 6.83. The fourth-order valence-corrected chi connectivity index (χ4v) is 2.33. The topological polar surface area (TPSA) is 60.3 Å². The SMILES string of the molecule is CCO[C@@H]1C[C@@H](c2ccc(OC)cc2)C(C(C)O)=NO1. The minimum Gasteiger partial charge on any atom is -0.497 e. The molecule has 2 rings (SSSR count). The highest BCUT2D eigenvalue weighted by molar-refractivity contribution is 5.94. The van der Waals surface area contributed by atoms with Gasteiger partial charge in [0.2, 0.25) is 6.29 Å². The summed E-state index contributed by atoms with van der Waals surface area (Å²) < 4.78 is 10.6. The van der Waals surface area contributed by atoms with E-state index in [1.165, 1.54) is 0 Å². The van der Waals surface area contributed by atoms with E-state index in [2.05, 4.69) is 5.16 Å². The summed E-state index contributed by atoms with van der Waals surface area (Å²) in [6.07, 6.45) is -0.372. The predicted octanol–water partition coefficient (Wildman–Crippen LogP) is 2.30. The second kappa shape index (κ2) is 6.72. The van der Waals surface area contributed by atoms with Crippen LogP contribution in [0, 0.1) is 0 Å². The number of ether oxygens (including phenoxy) is 2. The van der Waals surface area contributed by atoms with E-state index in [9.17, 15) is 5.11 Å². The standard InChI is InChI=1S/C15H21NO4/c1-4-19-14-9-13(15(10(2)17)16-20-14)11-5-7-12(18-3)8-6-11/h5-8,10,13-14,17H,4,9H2,1-3H3/t10?,13-,14-/m0/s1. The lowest BCUT2D eigenvalue weighted by Crippen LogP contribution is -2.34. The van der Waals surface area contributed by atoms with Gasteiger partial charge in [-0.15, -0.1) is 0 Å². The largest absolute Gasteiger partial charge is 0.497 e. The molecule has 1 unspecified atom stereocenters. The van der Waals surface area contributed by atoms with Crippen molar-refractivity contribution in [2.24, 2.45) is 5.16 Å². The first-order chi connectivity index (χ1) is 9.65. The second-order valence-corrected chi connectivity index (χ2v) is 4.74. The Morgan fingerprint density at radius 2 is 2.10 bits per heavy atom. The van der Waals surface area contributed by atoms with E-state index in [-0.39, 0.29) is 12.2 Å². The van der Waals surface area contributed by atoms with Crippen LogP contribution in [-0.4, -0.2) is 36.9 Å². The molecule has 5 heteroatoms. The Bertz CT molecular complexity index is 455. The van der Waals surface area contributed by atoms with E-state index in [4.69, 9.17) is 14.3 Å². The van der Waals surface area contributed by atoms with E-state index in [1.807, 2.05) is 31.2 Å². The number of benzene rings is 1. The van der Waals surface area contributed by atoms with Crippen LogP contribution < -0.4 is 4.74 Å². The molecule has 0 saturated carbocycles. The number of aliphatic hydroxyl groups is 1. The number of methoxy groups -OCH3 is 1. The normalized spacial score (nSPS) is 23.7. The molecule has 0 fully saturated rings. The van der Waals surface area contributed by atoms with Crippen LogP contribution in [0.1, 0.15) is 31.7 Å². The minimum absolute atomic E-state index is 0.00814. The highest BCUT2D eigenvalue weighted by Crippen LogP contribution is 2.31. The summed E-state index contributed by atoms with van der Waals surface area (Å²) in [6, 6.07) is 7.77. The quantitative estimate of drug-likeness (QED) is 0.898. The molecule has 0 spiro atoms. The van der Waals surface area contributed by atoms with Gasteiger partial charge < -0.3 is 19.4 Å². The summed E-state index contributed by atoms with van der Waals surface area (Å²) in [5, 5.41) is 13.9. The molecule has 0 bridgehead atoms. The van der Waals surface area contributed by atoms with Gasteiger partial charge in [0.05, 0.1) is 18.9 Å². The lowest BCUT2D eigenvalue weighted by molar-refractivity contribution is -0.150. The summed E-state index contributed by atoms with van der Waals surface area (Å²) in [5.74, 6) is 0.795. The number of hydrogen-bond donors (Lipinski definition) is 1. The number of oxime groups is 1. The van der Waals surface area contributed by atoms with Crippen molar-refractivity contribution in [1.29, 1.82) is 0 Å². The molecule has 3 atom stereocenters. The second-order valence-electron chi connectivity index (χ2n) is 4.74. The van der Waals surface area contributed by atoms with Crippen molar-refractivity contribution < 1.29 is 19.4 Å². The zero-order valence-electron chi connectivity index (χ0n) is 12.1. The molecule has 0 aromatic heterocycles. The van der Waals surface area contributed by atoms with Gasteiger partial charge in [-0.3, -0.25) is 0 Å². The molecule has 1 N–H and O–H groups in total. The molecular formula is C15H21NO4. The summed E-state index contributed by atoms with van der Waals surface area (Å²) in [7, 11) is 1.64. The van der Waals surface area contributed by atoms with Crippen molar-refractivity contribution in [2.75, 3.05) is 13.7 Å². The third-order valence-corrected chi connectivity index (χ3v) is 3.36. The Hall–Kier alpha value is -1.59. The summed E-state index contributed by atoms with van der Waals surface area (Å²) in [6.45, 7) is 4.18. The molecule has 1 aliphatic heterocycles. The summed E-state index contributed by atoms with van der Waals surface area (Å²) >= 11 is 0. The van der Waals surface area contributed by atoms with Gasteiger partial charge in [-0.2, -0.15) is 0 Å². The maximum absolute atomic E-state index is 9.85. The first kappa shape index (κ1) is 14.8. The number of rotatable bonds is 5. The van der Waals surface area contributed by atoms with Crippen LogP contribution in [0.3, 0.4) is 0 Å². The van der Waals surface area contributed by atoms with E-state index >= 15 is 0 Å². The molecule has 1 aliphatic rings. The molecule has 5 nitrogen and oxygen atoms in total. The molecule has 0 amide bonds. The van der Waals surface area contributed by atoms with Gasteiger partial charge >= 0.3 is 0 Å². The lowest BCUT2D eigenvalue weighted by atomic mass is 9.88. The molecule has 110 valence electrons. The first-order valence-corrected chi connectivity index (χ1v) is 6.83. The fraction of sp³-hybridized carbons (Fsp3) is 0.533. The third-order valence-electron chi connectivity index (χ3n) is 3.36. The smallest absolute Gasteiger partial charge is 0.227 e. The highest BCUT2D eigenvalue weighted by atomic mass is 16.8. The monoisotopic (exact) mass is 279 g/mol. The van der Waals surface area contributed by atoms with Gasteiger partial charge in [-0.1, -0.05) is 17.3 Å². The molecule has 0 aliphatic carbocycles. The molecule has 20 heavy (non-hydrogen) atoms. The van der Waals surface area contributed by atoms with Gasteiger partial charge in [0.1, 0.15) is 5.75 Å². The van der Waals surface area contributed by atoms with Crippen molar-refractivity contribution in [3.63, 3.8) is 0 Å². The molecule has 0 saturated heterocycles.